The van der Waals surface area contributed by atoms with E-state index in [1.165, 1.54) is 13.1 Å². The second-order valence-corrected chi connectivity index (χ2v) is 8.20. The van der Waals surface area contributed by atoms with Gasteiger partial charge in [0.15, 0.2) is 0 Å². The van der Waals surface area contributed by atoms with Gasteiger partial charge >= 0.3 is 15.2 Å². The minimum Gasteiger partial charge on any atom is -0.323 e. The van der Waals surface area contributed by atoms with Crippen molar-refractivity contribution in [3.05, 3.63) is 13.1 Å². The van der Waals surface area contributed by atoms with Crippen LogP contribution in [0.2, 0.25) is 0 Å². The highest BCUT2D eigenvalue weighted by Crippen LogP contribution is 2.62. The number of rotatable bonds is 3. The van der Waals surface area contributed by atoms with Crippen molar-refractivity contribution in [1.29, 1.82) is 0 Å². The van der Waals surface area contributed by atoms with Gasteiger partial charge in [-0.1, -0.05) is 13.8 Å². The first-order chi connectivity index (χ1) is 7.51. The molecule has 0 aliphatic carbocycles. The van der Waals surface area contributed by atoms with Crippen LogP contribution in [0.25, 0.3) is 0 Å². The predicted molar refractivity (Wildman–Crippen MR) is 61.3 cm³/mol. The molecule has 4 N–H and O–H groups in total. The third kappa shape index (κ3) is 4.14. The molecule has 1 rings (SSSR count). The van der Waals surface area contributed by atoms with Crippen molar-refractivity contribution in [2.24, 2.45) is 11.8 Å². The van der Waals surface area contributed by atoms with Crippen molar-refractivity contribution in [1.82, 2.24) is 4.90 Å². The Kier molecular flexibility index (Phi) is 4.59. The van der Waals surface area contributed by atoms with Crippen LogP contribution < -0.4 is 0 Å². The highest BCUT2D eigenvalue weighted by atomic mass is 31.2. The standard InChI is InChI=1S/C8H17NO6P2/c1-6-3-7(2)5-9(4-6)8(16(10,11)12)17(13,14)15/h4-8H,3H2,1-2H3,(H2,10,11,12)(H2,13,14,15). The molecule has 2 atom stereocenters. The fourth-order valence-corrected chi connectivity index (χ4v) is 4.61. The van der Waals surface area contributed by atoms with Gasteiger partial charge in [-0.15, -0.1) is 0 Å². The van der Waals surface area contributed by atoms with Gasteiger partial charge in [-0.05, 0) is 18.3 Å². The molecule has 0 aromatic carbocycles. The van der Waals surface area contributed by atoms with Gasteiger partial charge in [-0.3, -0.25) is 14.0 Å². The molecule has 100 valence electrons. The highest BCUT2D eigenvalue weighted by molar-refractivity contribution is 7.70. The summed E-state index contributed by atoms with van der Waals surface area (Å²) in [6.45, 7) is 6.55. The van der Waals surface area contributed by atoms with Crippen LogP contribution in [0.3, 0.4) is 0 Å². The molecule has 17 heavy (non-hydrogen) atoms. The average Bonchev–Trinajstić information content (AvgIpc) is 1.93. The van der Waals surface area contributed by atoms with Crippen LogP contribution in [0.1, 0.15) is 20.3 Å². The molecule has 2 radical (unpaired) electrons. The Morgan fingerprint density at radius 2 is 1.41 bits per heavy atom. The lowest BCUT2D eigenvalue weighted by atomic mass is 9.92. The summed E-state index contributed by atoms with van der Waals surface area (Å²) in [7, 11) is -9.84. The average molecular weight is 285 g/mol. The molecule has 0 aromatic rings. The number of hydrogen-bond acceptors (Lipinski definition) is 3. The minimum absolute atomic E-state index is 0.00981. The summed E-state index contributed by atoms with van der Waals surface area (Å²) in [5, 5.41) is 0. The molecule has 0 spiro atoms. The third-order valence-electron chi connectivity index (χ3n) is 2.47. The molecular weight excluding hydrogens is 268 g/mol. The first-order valence-electron chi connectivity index (χ1n) is 5.09. The zero-order valence-corrected chi connectivity index (χ0v) is 11.3. The maximum Gasteiger partial charge on any atom is 0.355 e. The summed E-state index contributed by atoms with van der Waals surface area (Å²) in [6, 6.07) is 0. The van der Waals surface area contributed by atoms with E-state index in [4.69, 9.17) is 19.6 Å². The molecule has 1 saturated heterocycles. The summed E-state index contributed by atoms with van der Waals surface area (Å²) < 4.78 is 22.4. The normalized spacial score (nSPS) is 28.6. The predicted octanol–water partition coefficient (Wildman–Crippen LogP) is 0.927. The summed E-state index contributed by atoms with van der Waals surface area (Å²) in [5.74, 6) is 0.0196. The van der Waals surface area contributed by atoms with Crippen molar-refractivity contribution >= 4 is 15.2 Å². The molecule has 1 aliphatic heterocycles. The number of nitrogens with zero attached hydrogens (tertiary/aromatic N) is 1. The molecule has 9 heteroatoms. The van der Waals surface area contributed by atoms with Crippen molar-refractivity contribution in [3.8, 4) is 0 Å². The lowest BCUT2D eigenvalue weighted by Gasteiger charge is -2.38. The third-order valence-corrected chi connectivity index (χ3v) is 6.01. The smallest absolute Gasteiger partial charge is 0.323 e. The molecule has 1 heterocycles. The lowest BCUT2D eigenvalue weighted by molar-refractivity contribution is 0.214. The highest BCUT2D eigenvalue weighted by Gasteiger charge is 2.49. The van der Waals surface area contributed by atoms with Crippen LogP contribution in [0.5, 0.6) is 0 Å². The van der Waals surface area contributed by atoms with E-state index in [0.717, 1.165) is 11.3 Å². The van der Waals surface area contributed by atoms with Gasteiger partial charge in [0.05, 0.1) is 0 Å². The van der Waals surface area contributed by atoms with Crippen LogP contribution in [0.15, 0.2) is 0 Å². The van der Waals surface area contributed by atoms with Gasteiger partial charge < -0.3 is 19.6 Å². The van der Waals surface area contributed by atoms with E-state index in [0.29, 0.717) is 0 Å². The molecule has 1 fully saturated rings. The Morgan fingerprint density at radius 1 is 1.06 bits per heavy atom. The number of piperidine rings is 1. The Morgan fingerprint density at radius 3 is 1.71 bits per heavy atom. The van der Waals surface area contributed by atoms with Crippen LogP contribution >= 0.6 is 15.2 Å². The summed E-state index contributed by atoms with van der Waals surface area (Å²) in [4.78, 5) is 37.3. The van der Waals surface area contributed by atoms with E-state index in [9.17, 15) is 9.13 Å². The molecular formula is C8H17NO6P2. The Balaban J connectivity index is 3.00. The Bertz CT molecular complexity index is 331. The van der Waals surface area contributed by atoms with E-state index < -0.39 is 20.7 Å². The molecule has 0 aromatic heterocycles. The molecule has 7 nitrogen and oxygen atoms in total. The summed E-state index contributed by atoms with van der Waals surface area (Å²) in [5.41, 5.74) is -2.11. The lowest BCUT2D eigenvalue weighted by Crippen LogP contribution is -2.38. The van der Waals surface area contributed by atoms with E-state index in [-0.39, 0.29) is 11.8 Å². The van der Waals surface area contributed by atoms with Gasteiger partial charge in [0, 0.05) is 13.1 Å². The van der Waals surface area contributed by atoms with E-state index >= 15 is 0 Å². The van der Waals surface area contributed by atoms with Crippen molar-refractivity contribution in [3.63, 3.8) is 0 Å². The topological polar surface area (TPSA) is 118 Å². The maximum absolute atomic E-state index is 11.2. The van der Waals surface area contributed by atoms with Crippen molar-refractivity contribution in [2.45, 2.75) is 25.8 Å². The molecule has 1 aliphatic rings. The fourth-order valence-electron chi connectivity index (χ4n) is 2.04. The van der Waals surface area contributed by atoms with Crippen LogP contribution in [0.4, 0.5) is 0 Å². The molecule has 2 unspecified atom stereocenters. The minimum atomic E-state index is -4.92. The summed E-state index contributed by atoms with van der Waals surface area (Å²) in [6.07, 6.45) is 0.783. The zero-order chi connectivity index (χ0) is 13.4. The second kappa shape index (κ2) is 5.10. The monoisotopic (exact) mass is 285 g/mol. The fraction of sp³-hybridized carbons (Fsp3) is 0.750. The molecule has 0 bridgehead atoms. The van der Waals surface area contributed by atoms with Gasteiger partial charge in [-0.25, -0.2) is 0 Å². The Labute approximate surface area is 100 Å². The first kappa shape index (κ1) is 15.3. The second-order valence-electron chi connectivity index (χ2n) is 4.46. The van der Waals surface area contributed by atoms with E-state index in [1.54, 1.807) is 0 Å². The van der Waals surface area contributed by atoms with Gasteiger partial charge in [-0.2, -0.15) is 0 Å². The van der Waals surface area contributed by atoms with E-state index in [2.05, 4.69) is 0 Å². The van der Waals surface area contributed by atoms with Crippen molar-refractivity contribution in [2.75, 3.05) is 0 Å². The quantitative estimate of drug-likeness (QED) is 0.569. The number of hydrogen-bond donors (Lipinski definition) is 4. The zero-order valence-electron chi connectivity index (χ0n) is 9.54. The van der Waals surface area contributed by atoms with Gasteiger partial charge in [0.1, 0.15) is 0 Å². The number of likely N-dealkylation sites (tertiary alicyclic amines) is 1. The van der Waals surface area contributed by atoms with Gasteiger partial charge in [0.25, 0.3) is 0 Å². The Hall–Kier alpha value is 0.260. The molecule has 0 saturated carbocycles. The largest absolute Gasteiger partial charge is 0.355 e. The summed E-state index contributed by atoms with van der Waals surface area (Å²) >= 11 is 0. The SMILES string of the molecule is CC1[CH]N(C(P(=O)(O)O)P(=O)(O)O)[CH]C(C)C1. The van der Waals surface area contributed by atoms with Crippen LogP contribution in [0, 0.1) is 24.9 Å². The van der Waals surface area contributed by atoms with Crippen LogP contribution in [-0.4, -0.2) is 30.0 Å². The maximum atomic E-state index is 11.2. The van der Waals surface area contributed by atoms with Crippen LogP contribution in [-0.2, 0) is 9.13 Å². The first-order valence-corrected chi connectivity index (χ1v) is 8.46. The van der Waals surface area contributed by atoms with E-state index in [1.807, 2.05) is 13.8 Å². The van der Waals surface area contributed by atoms with Gasteiger partial charge in [0.2, 0.25) is 5.52 Å². The van der Waals surface area contributed by atoms with Crippen molar-refractivity contribution < 1.29 is 28.7 Å². The molecule has 0 amide bonds.